The molecule has 0 aliphatic heterocycles. The van der Waals surface area contributed by atoms with Gasteiger partial charge in [-0.05, 0) is 31.0 Å². The van der Waals surface area contributed by atoms with Crippen LogP contribution in [0.1, 0.15) is 31.0 Å². The third-order valence-corrected chi connectivity index (χ3v) is 3.19. The van der Waals surface area contributed by atoms with Crippen LogP contribution in [0.5, 0.6) is 0 Å². The smallest absolute Gasteiger partial charge is 0.329 e. The summed E-state index contributed by atoms with van der Waals surface area (Å²) in [5.74, 6) is -1.12. The molecule has 6 heteroatoms. The van der Waals surface area contributed by atoms with Crippen molar-refractivity contribution in [2.75, 3.05) is 13.7 Å². The molecule has 0 aromatic heterocycles. The molecular formula is C15H21FN2O3. The lowest BCUT2D eigenvalue weighted by Gasteiger charge is -2.20. The number of benzene rings is 1. The van der Waals surface area contributed by atoms with E-state index in [1.807, 2.05) is 13.0 Å². The molecule has 2 atom stereocenters. The van der Waals surface area contributed by atoms with Crippen molar-refractivity contribution in [1.82, 2.24) is 10.6 Å². The third kappa shape index (κ3) is 5.15. The first-order valence-electron chi connectivity index (χ1n) is 6.69. The van der Waals surface area contributed by atoms with Crippen LogP contribution in [0, 0.1) is 12.7 Å². The van der Waals surface area contributed by atoms with Gasteiger partial charge in [-0.3, -0.25) is 4.79 Å². The second-order valence-electron chi connectivity index (χ2n) is 4.91. The predicted octanol–water partition coefficient (Wildman–Crippen LogP) is 1.46. The van der Waals surface area contributed by atoms with Crippen LogP contribution in [0.3, 0.4) is 0 Å². The van der Waals surface area contributed by atoms with Gasteiger partial charge in [0.15, 0.2) is 0 Å². The molecule has 0 heterocycles. The first-order chi connectivity index (χ1) is 9.85. The molecule has 5 nitrogen and oxygen atoms in total. The van der Waals surface area contributed by atoms with Crippen LogP contribution in [0.4, 0.5) is 4.39 Å². The van der Waals surface area contributed by atoms with Gasteiger partial charge in [0.05, 0.1) is 7.11 Å². The van der Waals surface area contributed by atoms with Crippen molar-refractivity contribution in [2.24, 2.45) is 0 Å². The Morgan fingerprint density at radius 2 is 2.05 bits per heavy atom. The zero-order valence-electron chi connectivity index (χ0n) is 12.7. The van der Waals surface area contributed by atoms with Crippen LogP contribution in [-0.4, -0.2) is 31.6 Å². The number of hydrogen-bond donors (Lipinski definition) is 2. The average Bonchev–Trinajstić information content (AvgIpc) is 2.44. The molecule has 0 aliphatic rings. The number of esters is 1. The minimum Gasteiger partial charge on any atom is -0.467 e. The van der Waals surface area contributed by atoms with Crippen molar-refractivity contribution in [3.8, 4) is 0 Å². The quantitative estimate of drug-likeness (QED) is 0.780. The highest BCUT2D eigenvalue weighted by molar-refractivity contribution is 5.83. The number of aryl methyl sites for hydroxylation is 1. The Morgan fingerprint density at radius 1 is 1.38 bits per heavy atom. The van der Waals surface area contributed by atoms with Crippen LogP contribution in [0.2, 0.25) is 0 Å². The summed E-state index contributed by atoms with van der Waals surface area (Å²) in [6, 6.07) is 4.04. The minimum atomic E-state index is -0.773. The number of amides is 1. The van der Waals surface area contributed by atoms with Crippen molar-refractivity contribution in [1.29, 1.82) is 0 Å². The summed E-state index contributed by atoms with van der Waals surface area (Å²) in [6.07, 6.45) is 0. The molecule has 2 unspecified atom stereocenters. The Kier molecular flexibility index (Phi) is 6.30. The van der Waals surface area contributed by atoms with Crippen LogP contribution in [0.15, 0.2) is 18.2 Å². The van der Waals surface area contributed by atoms with Crippen molar-refractivity contribution < 1.29 is 18.7 Å². The third-order valence-electron chi connectivity index (χ3n) is 3.19. The van der Waals surface area contributed by atoms with Crippen LogP contribution >= 0.6 is 0 Å². The largest absolute Gasteiger partial charge is 0.467 e. The van der Waals surface area contributed by atoms with Crippen molar-refractivity contribution in [2.45, 2.75) is 32.9 Å². The summed E-state index contributed by atoms with van der Waals surface area (Å²) >= 11 is 0. The van der Waals surface area contributed by atoms with E-state index in [0.29, 0.717) is 5.56 Å². The minimum absolute atomic E-state index is 0.166. The maximum absolute atomic E-state index is 13.5. The van der Waals surface area contributed by atoms with E-state index in [-0.39, 0.29) is 24.3 Å². The fourth-order valence-corrected chi connectivity index (χ4v) is 1.87. The van der Waals surface area contributed by atoms with Crippen LogP contribution < -0.4 is 10.6 Å². The highest BCUT2D eigenvalue weighted by Gasteiger charge is 2.20. The van der Waals surface area contributed by atoms with Gasteiger partial charge in [-0.2, -0.15) is 0 Å². The van der Waals surface area contributed by atoms with Crippen LogP contribution in [-0.2, 0) is 14.3 Å². The molecule has 1 aromatic rings. The van der Waals surface area contributed by atoms with E-state index in [1.165, 1.54) is 20.1 Å². The molecule has 0 spiro atoms. The molecular weight excluding hydrogens is 275 g/mol. The highest BCUT2D eigenvalue weighted by atomic mass is 19.1. The number of ether oxygens (including phenoxy) is 1. The number of methoxy groups -OCH3 is 1. The van der Waals surface area contributed by atoms with Gasteiger partial charge < -0.3 is 15.4 Å². The first kappa shape index (κ1) is 17.1. The van der Waals surface area contributed by atoms with E-state index in [1.54, 1.807) is 13.0 Å². The van der Waals surface area contributed by atoms with Crippen LogP contribution in [0.25, 0.3) is 0 Å². The lowest BCUT2D eigenvalue weighted by atomic mass is 10.1. The topological polar surface area (TPSA) is 67.4 Å². The second-order valence-corrected chi connectivity index (χ2v) is 4.91. The number of halogens is 1. The monoisotopic (exact) mass is 296 g/mol. The number of hydrogen-bond acceptors (Lipinski definition) is 4. The molecule has 0 aliphatic carbocycles. The standard InChI is InChI=1S/C15H21FN2O3/c1-9-5-6-12(7-13(9)16)10(2)17-8-14(15(20)21-4)18-11(3)19/h5-7,10,14,17H,8H2,1-4H3,(H,18,19). The molecule has 21 heavy (non-hydrogen) atoms. The maximum atomic E-state index is 13.5. The molecule has 1 rings (SSSR count). The molecule has 0 saturated heterocycles. The second kappa shape index (κ2) is 7.73. The van der Waals surface area contributed by atoms with Gasteiger partial charge in [-0.15, -0.1) is 0 Å². The van der Waals surface area contributed by atoms with Gasteiger partial charge in [-0.1, -0.05) is 12.1 Å². The summed E-state index contributed by atoms with van der Waals surface area (Å²) in [6.45, 7) is 5.07. The number of nitrogens with one attached hydrogen (secondary N) is 2. The van der Waals surface area contributed by atoms with E-state index < -0.39 is 12.0 Å². The van der Waals surface area contributed by atoms with Crippen molar-refractivity contribution in [3.05, 3.63) is 35.1 Å². The Morgan fingerprint density at radius 3 is 2.57 bits per heavy atom. The Balaban J connectivity index is 2.67. The van der Waals surface area contributed by atoms with E-state index >= 15 is 0 Å². The average molecular weight is 296 g/mol. The van der Waals surface area contributed by atoms with Gasteiger partial charge in [0, 0.05) is 19.5 Å². The molecule has 2 N–H and O–H groups in total. The Bertz CT molecular complexity index is 520. The molecule has 1 aromatic carbocycles. The van der Waals surface area contributed by atoms with E-state index in [9.17, 15) is 14.0 Å². The zero-order valence-corrected chi connectivity index (χ0v) is 12.7. The summed E-state index contributed by atoms with van der Waals surface area (Å²) < 4.78 is 18.2. The molecule has 0 bridgehead atoms. The van der Waals surface area contributed by atoms with Gasteiger partial charge in [0.1, 0.15) is 11.9 Å². The molecule has 0 saturated carbocycles. The van der Waals surface area contributed by atoms with E-state index in [4.69, 9.17) is 0 Å². The van der Waals surface area contributed by atoms with Gasteiger partial charge >= 0.3 is 5.97 Å². The molecule has 1 amide bonds. The fourth-order valence-electron chi connectivity index (χ4n) is 1.87. The normalized spacial score (nSPS) is 13.4. The summed E-state index contributed by atoms with van der Waals surface area (Å²) in [4.78, 5) is 22.6. The first-order valence-corrected chi connectivity index (χ1v) is 6.69. The number of carbonyl (C=O) groups excluding carboxylic acids is 2. The van der Waals surface area contributed by atoms with E-state index in [0.717, 1.165) is 5.56 Å². The molecule has 0 fully saturated rings. The fraction of sp³-hybridized carbons (Fsp3) is 0.467. The van der Waals surface area contributed by atoms with Gasteiger partial charge in [0.25, 0.3) is 0 Å². The summed E-state index contributed by atoms with van der Waals surface area (Å²) in [5.41, 5.74) is 1.35. The van der Waals surface area contributed by atoms with E-state index in [2.05, 4.69) is 15.4 Å². The lowest BCUT2D eigenvalue weighted by Crippen LogP contribution is -2.47. The van der Waals surface area contributed by atoms with Crippen molar-refractivity contribution >= 4 is 11.9 Å². The Hall–Kier alpha value is -1.95. The Labute approximate surface area is 123 Å². The SMILES string of the molecule is COC(=O)C(CNC(C)c1ccc(C)c(F)c1)NC(C)=O. The zero-order chi connectivity index (χ0) is 16.0. The lowest BCUT2D eigenvalue weighted by molar-refractivity contribution is -0.144. The van der Waals surface area contributed by atoms with Gasteiger partial charge in [-0.25, -0.2) is 9.18 Å². The summed E-state index contributed by atoms with van der Waals surface area (Å²) in [7, 11) is 1.26. The van der Waals surface area contributed by atoms with Gasteiger partial charge in [0.2, 0.25) is 5.91 Å². The van der Waals surface area contributed by atoms with Crippen molar-refractivity contribution in [3.63, 3.8) is 0 Å². The number of carbonyl (C=O) groups is 2. The molecule has 0 radical (unpaired) electrons. The predicted molar refractivity (Wildman–Crippen MR) is 77.2 cm³/mol. The highest BCUT2D eigenvalue weighted by Crippen LogP contribution is 2.16. The number of rotatable bonds is 6. The molecule has 116 valence electrons. The summed E-state index contributed by atoms with van der Waals surface area (Å²) in [5, 5.41) is 5.59. The maximum Gasteiger partial charge on any atom is 0.329 e.